The molecule has 1 aromatic carbocycles. The Morgan fingerprint density at radius 2 is 1.74 bits per heavy atom. The van der Waals surface area contributed by atoms with Crippen molar-refractivity contribution in [3.8, 4) is 5.75 Å². The maximum absolute atomic E-state index is 13.0. The van der Waals surface area contributed by atoms with Gasteiger partial charge in [0, 0.05) is 37.6 Å². The Bertz CT molecular complexity index is 678. The fourth-order valence-electron chi connectivity index (χ4n) is 3.95. The molecule has 148 valence electrons. The quantitative estimate of drug-likeness (QED) is 0.761. The molecule has 1 aromatic rings. The van der Waals surface area contributed by atoms with Crippen LogP contribution in [0, 0.1) is 5.92 Å². The second-order valence-corrected chi connectivity index (χ2v) is 8.27. The first-order chi connectivity index (χ1) is 12.9. The van der Waals surface area contributed by atoms with Crippen LogP contribution >= 0.6 is 11.6 Å². The van der Waals surface area contributed by atoms with Crippen LogP contribution in [0.2, 0.25) is 5.02 Å². The van der Waals surface area contributed by atoms with Crippen molar-refractivity contribution in [1.82, 2.24) is 9.80 Å². The van der Waals surface area contributed by atoms with Gasteiger partial charge in [-0.1, -0.05) is 24.4 Å². The van der Waals surface area contributed by atoms with E-state index in [-0.39, 0.29) is 17.9 Å². The van der Waals surface area contributed by atoms with Crippen LogP contribution in [0.25, 0.3) is 0 Å². The van der Waals surface area contributed by atoms with Gasteiger partial charge in [-0.2, -0.15) is 0 Å². The molecule has 2 fully saturated rings. The molecule has 1 aliphatic heterocycles. The predicted molar refractivity (Wildman–Crippen MR) is 106 cm³/mol. The van der Waals surface area contributed by atoms with E-state index in [0.717, 1.165) is 0 Å². The lowest BCUT2D eigenvalue weighted by molar-refractivity contribution is -0.133. The van der Waals surface area contributed by atoms with Crippen molar-refractivity contribution in [3.63, 3.8) is 0 Å². The summed E-state index contributed by atoms with van der Waals surface area (Å²) in [5.41, 5.74) is 0.488. The Labute approximate surface area is 166 Å². The lowest BCUT2D eigenvalue weighted by Gasteiger charge is -2.35. The summed E-state index contributed by atoms with van der Waals surface area (Å²) in [6.45, 7) is 6.14. The number of amides is 2. The zero-order valence-corrected chi connectivity index (χ0v) is 17.0. The van der Waals surface area contributed by atoms with E-state index in [0.29, 0.717) is 54.9 Å². The zero-order chi connectivity index (χ0) is 19.4. The Hall–Kier alpha value is -1.75. The molecule has 2 amide bonds. The van der Waals surface area contributed by atoms with Crippen LogP contribution in [0.5, 0.6) is 5.75 Å². The van der Waals surface area contributed by atoms with Crippen LogP contribution in [0.4, 0.5) is 0 Å². The molecule has 27 heavy (non-hydrogen) atoms. The van der Waals surface area contributed by atoms with Crippen LogP contribution in [-0.4, -0.2) is 53.9 Å². The molecule has 3 rings (SSSR count). The molecule has 1 saturated heterocycles. The molecule has 1 saturated carbocycles. The van der Waals surface area contributed by atoms with Gasteiger partial charge >= 0.3 is 0 Å². The average Bonchev–Trinajstić information content (AvgIpc) is 3.15. The Balaban J connectivity index is 1.60. The normalized spacial score (nSPS) is 18.2. The third-order valence-electron chi connectivity index (χ3n) is 5.39. The number of carbonyl (C=O) groups excluding carboxylic acids is 2. The second kappa shape index (κ2) is 8.96. The largest absolute Gasteiger partial charge is 0.490 e. The lowest BCUT2D eigenvalue weighted by Crippen LogP contribution is -2.50. The van der Waals surface area contributed by atoms with Crippen molar-refractivity contribution in [3.05, 3.63) is 28.8 Å². The topological polar surface area (TPSA) is 49.9 Å². The minimum Gasteiger partial charge on any atom is -0.490 e. The molecule has 5 nitrogen and oxygen atoms in total. The van der Waals surface area contributed by atoms with E-state index in [1.807, 2.05) is 18.7 Å². The summed E-state index contributed by atoms with van der Waals surface area (Å²) in [7, 11) is 0. The Morgan fingerprint density at radius 3 is 2.37 bits per heavy atom. The van der Waals surface area contributed by atoms with Gasteiger partial charge in [-0.25, -0.2) is 0 Å². The number of hydrogen-bond acceptors (Lipinski definition) is 3. The molecular formula is C21H29ClN2O3. The highest BCUT2D eigenvalue weighted by atomic mass is 35.5. The minimum absolute atomic E-state index is 0.0252. The highest BCUT2D eigenvalue weighted by Crippen LogP contribution is 2.29. The Kier molecular flexibility index (Phi) is 6.64. The molecule has 0 atom stereocenters. The minimum atomic E-state index is -0.0870. The van der Waals surface area contributed by atoms with Gasteiger partial charge in [-0.05, 0) is 50.8 Å². The fraction of sp³-hybridized carbons (Fsp3) is 0.619. The first-order valence-electron chi connectivity index (χ1n) is 9.97. The molecule has 0 spiro atoms. The standard InChI is InChI=1S/C21H29ClN2O3/c1-15(2)27-19-8-7-17(22)14-18(19)21(26)24-11-9-23(10-12-24)20(25)13-16-5-3-4-6-16/h7-8,14-16H,3-6,9-13H2,1-2H3. The smallest absolute Gasteiger partial charge is 0.257 e. The maximum Gasteiger partial charge on any atom is 0.257 e. The van der Waals surface area contributed by atoms with Gasteiger partial charge < -0.3 is 14.5 Å². The molecule has 2 aliphatic rings. The van der Waals surface area contributed by atoms with Gasteiger partial charge in [0.15, 0.2) is 0 Å². The summed E-state index contributed by atoms with van der Waals surface area (Å²) < 4.78 is 5.78. The van der Waals surface area contributed by atoms with Crippen molar-refractivity contribution in [2.24, 2.45) is 5.92 Å². The first kappa shape index (κ1) is 20.0. The third-order valence-corrected chi connectivity index (χ3v) is 5.63. The number of rotatable bonds is 5. The van der Waals surface area contributed by atoms with Crippen molar-refractivity contribution in [2.45, 2.75) is 52.1 Å². The third kappa shape index (κ3) is 5.16. The van der Waals surface area contributed by atoms with E-state index in [9.17, 15) is 9.59 Å². The monoisotopic (exact) mass is 392 g/mol. The molecule has 0 N–H and O–H groups in total. The zero-order valence-electron chi connectivity index (χ0n) is 16.2. The number of hydrogen-bond donors (Lipinski definition) is 0. The van der Waals surface area contributed by atoms with E-state index in [1.54, 1.807) is 23.1 Å². The van der Waals surface area contributed by atoms with Crippen molar-refractivity contribution < 1.29 is 14.3 Å². The van der Waals surface area contributed by atoms with Crippen molar-refractivity contribution in [2.75, 3.05) is 26.2 Å². The summed E-state index contributed by atoms with van der Waals surface area (Å²) in [5, 5.41) is 0.514. The maximum atomic E-state index is 13.0. The van der Waals surface area contributed by atoms with E-state index in [2.05, 4.69) is 0 Å². The molecule has 0 radical (unpaired) electrons. The van der Waals surface area contributed by atoms with Gasteiger partial charge in [0.2, 0.25) is 5.91 Å². The highest BCUT2D eigenvalue weighted by molar-refractivity contribution is 6.31. The van der Waals surface area contributed by atoms with Crippen LogP contribution in [0.15, 0.2) is 18.2 Å². The van der Waals surface area contributed by atoms with Crippen LogP contribution < -0.4 is 4.74 Å². The molecule has 0 aromatic heterocycles. The van der Waals surface area contributed by atoms with E-state index < -0.39 is 0 Å². The highest BCUT2D eigenvalue weighted by Gasteiger charge is 2.28. The molecule has 6 heteroatoms. The van der Waals surface area contributed by atoms with Crippen LogP contribution in [0.1, 0.15) is 56.3 Å². The molecular weight excluding hydrogens is 364 g/mol. The number of benzene rings is 1. The average molecular weight is 393 g/mol. The summed E-state index contributed by atoms with van der Waals surface area (Å²) >= 11 is 6.10. The summed E-state index contributed by atoms with van der Waals surface area (Å²) in [6.07, 6.45) is 5.49. The van der Waals surface area contributed by atoms with Crippen molar-refractivity contribution in [1.29, 1.82) is 0 Å². The van der Waals surface area contributed by atoms with E-state index >= 15 is 0 Å². The number of carbonyl (C=O) groups is 2. The lowest BCUT2D eigenvalue weighted by atomic mass is 10.0. The summed E-state index contributed by atoms with van der Waals surface area (Å²) in [5.74, 6) is 1.26. The van der Waals surface area contributed by atoms with E-state index in [4.69, 9.17) is 16.3 Å². The Morgan fingerprint density at radius 1 is 1.11 bits per heavy atom. The van der Waals surface area contributed by atoms with Gasteiger partial charge in [0.05, 0.1) is 11.7 Å². The predicted octanol–water partition coefficient (Wildman–Crippen LogP) is 3.99. The first-order valence-corrected chi connectivity index (χ1v) is 10.3. The molecule has 1 aliphatic carbocycles. The SMILES string of the molecule is CC(C)Oc1ccc(Cl)cc1C(=O)N1CCN(C(=O)CC2CCCC2)CC1. The summed E-state index contributed by atoms with van der Waals surface area (Å²) in [4.78, 5) is 29.2. The summed E-state index contributed by atoms with van der Waals surface area (Å²) in [6, 6.07) is 5.14. The van der Waals surface area contributed by atoms with Crippen LogP contribution in [0.3, 0.4) is 0 Å². The van der Waals surface area contributed by atoms with Gasteiger partial charge in [0.1, 0.15) is 5.75 Å². The van der Waals surface area contributed by atoms with Gasteiger partial charge in [-0.15, -0.1) is 0 Å². The number of halogens is 1. The second-order valence-electron chi connectivity index (χ2n) is 7.83. The number of nitrogens with zero attached hydrogens (tertiary/aromatic N) is 2. The van der Waals surface area contributed by atoms with Crippen molar-refractivity contribution >= 4 is 23.4 Å². The fourth-order valence-corrected chi connectivity index (χ4v) is 4.12. The number of piperazine rings is 1. The van der Waals surface area contributed by atoms with Gasteiger partial charge in [-0.3, -0.25) is 9.59 Å². The van der Waals surface area contributed by atoms with Crippen LogP contribution in [-0.2, 0) is 4.79 Å². The number of ether oxygens (including phenoxy) is 1. The molecule has 0 unspecified atom stereocenters. The molecule has 0 bridgehead atoms. The van der Waals surface area contributed by atoms with Gasteiger partial charge in [0.25, 0.3) is 5.91 Å². The molecule has 1 heterocycles. The van der Waals surface area contributed by atoms with E-state index in [1.165, 1.54) is 25.7 Å².